The van der Waals surface area contributed by atoms with Crippen LogP contribution in [0.25, 0.3) is 0 Å². The van der Waals surface area contributed by atoms with Crippen molar-refractivity contribution in [2.45, 2.75) is 25.3 Å². The number of aryl methyl sites for hydroxylation is 1. The van der Waals surface area contributed by atoms with Gasteiger partial charge in [-0.3, -0.25) is 0 Å². The van der Waals surface area contributed by atoms with E-state index in [9.17, 15) is 0 Å². The van der Waals surface area contributed by atoms with Crippen LogP contribution in [0.3, 0.4) is 0 Å². The molecule has 0 heterocycles. The number of ether oxygens (including phenoxy) is 1. The summed E-state index contributed by atoms with van der Waals surface area (Å²) in [4.78, 5) is 0. The van der Waals surface area contributed by atoms with Crippen molar-refractivity contribution in [3.63, 3.8) is 0 Å². The molecule has 0 aromatic heterocycles. The molecular weight excluding hydrogens is 198 g/mol. The second-order valence-electron chi connectivity index (χ2n) is 3.96. The normalized spacial score (nSPS) is 18.0. The van der Waals surface area contributed by atoms with Gasteiger partial charge in [-0.25, -0.2) is 0 Å². The molecule has 0 amide bonds. The third-order valence-corrected chi connectivity index (χ3v) is 3.08. The Labute approximate surface area is 89.0 Å². The van der Waals surface area contributed by atoms with E-state index in [1.165, 1.54) is 0 Å². The van der Waals surface area contributed by atoms with E-state index in [1.807, 2.05) is 13.0 Å². The summed E-state index contributed by atoms with van der Waals surface area (Å²) < 4.78 is 5.19. The first-order valence-corrected chi connectivity index (χ1v) is 5.08. The highest BCUT2D eigenvalue weighted by Crippen LogP contribution is 2.45. The van der Waals surface area contributed by atoms with Gasteiger partial charge in [0, 0.05) is 5.54 Å². The van der Waals surface area contributed by atoms with Crippen molar-refractivity contribution < 1.29 is 4.74 Å². The molecule has 14 heavy (non-hydrogen) atoms. The predicted molar refractivity (Wildman–Crippen MR) is 57.8 cm³/mol. The second kappa shape index (κ2) is 3.14. The predicted octanol–water partition coefficient (Wildman–Crippen LogP) is 2.60. The summed E-state index contributed by atoms with van der Waals surface area (Å²) in [5.41, 5.74) is 8.15. The van der Waals surface area contributed by atoms with E-state index < -0.39 is 0 Å². The summed E-state index contributed by atoms with van der Waals surface area (Å²) in [6.45, 7) is 1.99. The van der Waals surface area contributed by atoms with Crippen molar-refractivity contribution in [2.75, 3.05) is 7.11 Å². The Bertz CT molecular complexity index is 349. The van der Waals surface area contributed by atoms with Crippen LogP contribution in [-0.4, -0.2) is 7.11 Å². The number of nitrogens with two attached hydrogens (primary N) is 1. The average Bonchev–Trinajstić information content (AvgIpc) is 2.84. The molecule has 1 aromatic carbocycles. The Morgan fingerprint density at radius 2 is 2.07 bits per heavy atom. The first-order chi connectivity index (χ1) is 6.57. The second-order valence-corrected chi connectivity index (χ2v) is 4.37. The average molecular weight is 212 g/mol. The van der Waals surface area contributed by atoms with Crippen molar-refractivity contribution >= 4 is 11.6 Å². The molecular formula is C11H14ClNO. The van der Waals surface area contributed by atoms with Crippen LogP contribution in [-0.2, 0) is 5.54 Å². The van der Waals surface area contributed by atoms with Crippen LogP contribution < -0.4 is 10.5 Å². The number of benzene rings is 1. The van der Waals surface area contributed by atoms with Crippen molar-refractivity contribution in [3.8, 4) is 5.75 Å². The van der Waals surface area contributed by atoms with E-state index in [2.05, 4.69) is 6.07 Å². The first kappa shape index (κ1) is 9.81. The van der Waals surface area contributed by atoms with Gasteiger partial charge >= 0.3 is 0 Å². The molecule has 1 fully saturated rings. The Hall–Kier alpha value is -0.730. The molecule has 2 N–H and O–H groups in total. The first-order valence-electron chi connectivity index (χ1n) is 4.70. The van der Waals surface area contributed by atoms with Crippen molar-refractivity contribution in [3.05, 3.63) is 28.3 Å². The van der Waals surface area contributed by atoms with Gasteiger partial charge in [0.15, 0.2) is 0 Å². The van der Waals surface area contributed by atoms with Gasteiger partial charge in [0.25, 0.3) is 0 Å². The van der Waals surface area contributed by atoms with Crippen molar-refractivity contribution in [1.82, 2.24) is 0 Å². The SMILES string of the molecule is COc1c(C)cc(C2(N)CC2)cc1Cl. The highest BCUT2D eigenvalue weighted by Gasteiger charge is 2.40. The molecule has 3 heteroatoms. The number of halogens is 1. The Balaban J connectivity index is 2.47. The molecule has 1 saturated carbocycles. The topological polar surface area (TPSA) is 35.2 Å². The summed E-state index contributed by atoms with van der Waals surface area (Å²) in [6, 6.07) is 3.98. The number of hydrogen-bond donors (Lipinski definition) is 1. The lowest BCUT2D eigenvalue weighted by Gasteiger charge is -2.14. The monoisotopic (exact) mass is 211 g/mol. The molecule has 0 bridgehead atoms. The molecule has 0 radical (unpaired) electrons. The minimum absolute atomic E-state index is 0.124. The van der Waals surface area contributed by atoms with Crippen molar-refractivity contribution in [2.24, 2.45) is 5.73 Å². The van der Waals surface area contributed by atoms with Gasteiger partial charge in [-0.05, 0) is 37.0 Å². The third-order valence-electron chi connectivity index (χ3n) is 2.80. The largest absolute Gasteiger partial charge is 0.495 e. The van der Waals surface area contributed by atoms with Gasteiger partial charge in [-0.2, -0.15) is 0 Å². The molecule has 0 saturated heterocycles. The fraction of sp³-hybridized carbons (Fsp3) is 0.455. The van der Waals surface area contributed by atoms with Crippen LogP contribution in [0, 0.1) is 6.92 Å². The summed E-state index contributed by atoms with van der Waals surface area (Å²) >= 11 is 6.09. The minimum Gasteiger partial charge on any atom is -0.495 e. The number of rotatable bonds is 2. The molecule has 0 spiro atoms. The van der Waals surface area contributed by atoms with Crippen LogP contribution in [0.15, 0.2) is 12.1 Å². The van der Waals surface area contributed by atoms with Crippen LogP contribution >= 0.6 is 11.6 Å². The van der Waals surface area contributed by atoms with Crippen LogP contribution in [0.1, 0.15) is 24.0 Å². The van der Waals surface area contributed by atoms with Crippen LogP contribution in [0.5, 0.6) is 5.75 Å². The van der Waals surface area contributed by atoms with Gasteiger partial charge in [-0.15, -0.1) is 0 Å². The lowest BCUT2D eigenvalue weighted by atomic mass is 10.0. The standard InChI is InChI=1S/C11H14ClNO/c1-7-5-8(11(13)3-4-11)6-9(12)10(7)14-2/h5-6H,3-4,13H2,1-2H3. The minimum atomic E-state index is -0.124. The number of methoxy groups -OCH3 is 1. The molecule has 2 rings (SSSR count). The van der Waals surface area contributed by atoms with E-state index in [-0.39, 0.29) is 5.54 Å². The molecule has 0 unspecified atom stereocenters. The van der Waals surface area contributed by atoms with E-state index in [0.29, 0.717) is 5.02 Å². The van der Waals surface area contributed by atoms with Gasteiger partial charge in [-0.1, -0.05) is 17.7 Å². The molecule has 0 aliphatic heterocycles. The maximum atomic E-state index is 6.10. The lowest BCUT2D eigenvalue weighted by molar-refractivity contribution is 0.411. The maximum Gasteiger partial charge on any atom is 0.140 e. The molecule has 2 nitrogen and oxygen atoms in total. The molecule has 76 valence electrons. The summed E-state index contributed by atoms with van der Waals surface area (Å²) in [7, 11) is 1.63. The zero-order valence-corrected chi connectivity index (χ0v) is 9.19. The smallest absolute Gasteiger partial charge is 0.140 e. The van der Waals surface area contributed by atoms with E-state index >= 15 is 0 Å². The van der Waals surface area contributed by atoms with E-state index in [1.54, 1.807) is 7.11 Å². The fourth-order valence-electron chi connectivity index (χ4n) is 1.70. The Morgan fingerprint density at radius 3 is 2.50 bits per heavy atom. The van der Waals surface area contributed by atoms with E-state index in [0.717, 1.165) is 29.7 Å². The van der Waals surface area contributed by atoms with Crippen LogP contribution in [0.4, 0.5) is 0 Å². The summed E-state index contributed by atoms with van der Waals surface area (Å²) in [6.07, 6.45) is 2.10. The molecule has 1 aromatic rings. The number of hydrogen-bond acceptors (Lipinski definition) is 2. The third kappa shape index (κ3) is 1.49. The van der Waals surface area contributed by atoms with Gasteiger partial charge in [0.2, 0.25) is 0 Å². The summed E-state index contributed by atoms with van der Waals surface area (Å²) in [5, 5.41) is 0.652. The Morgan fingerprint density at radius 1 is 1.43 bits per heavy atom. The van der Waals surface area contributed by atoms with Gasteiger partial charge < -0.3 is 10.5 Å². The molecule has 1 aliphatic carbocycles. The lowest BCUT2D eigenvalue weighted by Crippen LogP contribution is -2.18. The highest BCUT2D eigenvalue weighted by molar-refractivity contribution is 6.32. The van der Waals surface area contributed by atoms with Crippen LogP contribution in [0.2, 0.25) is 5.02 Å². The molecule has 0 atom stereocenters. The highest BCUT2D eigenvalue weighted by atomic mass is 35.5. The van der Waals surface area contributed by atoms with Crippen molar-refractivity contribution in [1.29, 1.82) is 0 Å². The van der Waals surface area contributed by atoms with Gasteiger partial charge in [0.1, 0.15) is 5.75 Å². The Kier molecular flexibility index (Phi) is 2.20. The maximum absolute atomic E-state index is 6.10. The molecule has 1 aliphatic rings. The van der Waals surface area contributed by atoms with Gasteiger partial charge in [0.05, 0.1) is 12.1 Å². The quantitative estimate of drug-likeness (QED) is 0.816. The zero-order chi connectivity index (χ0) is 10.3. The van der Waals surface area contributed by atoms with E-state index in [4.69, 9.17) is 22.1 Å². The summed E-state index contributed by atoms with van der Waals surface area (Å²) in [5.74, 6) is 0.750. The fourth-order valence-corrected chi connectivity index (χ4v) is 2.04. The zero-order valence-electron chi connectivity index (χ0n) is 8.43.